The van der Waals surface area contributed by atoms with Gasteiger partial charge in [0.25, 0.3) is 0 Å². The van der Waals surface area contributed by atoms with Crippen molar-refractivity contribution in [3.8, 4) is 0 Å². The molecular weight excluding hydrogens is 192 g/mol. The molecule has 2 saturated heterocycles. The minimum Gasteiger partial charge on any atom is -0.378 e. The molecule has 0 aliphatic carbocycles. The Morgan fingerprint density at radius 1 is 1.38 bits per heavy atom. The summed E-state index contributed by atoms with van der Waals surface area (Å²) in [4.78, 5) is 2.03. The van der Waals surface area contributed by atoms with Gasteiger partial charge in [0.1, 0.15) is 0 Å². The van der Waals surface area contributed by atoms with Crippen molar-refractivity contribution in [2.24, 2.45) is 5.73 Å². The van der Waals surface area contributed by atoms with E-state index in [0.717, 1.165) is 0 Å². The van der Waals surface area contributed by atoms with Crippen molar-refractivity contribution in [1.82, 2.24) is 4.90 Å². The first-order chi connectivity index (χ1) is 6.08. The van der Waals surface area contributed by atoms with Crippen LogP contribution in [0.15, 0.2) is 0 Å². The number of sulfone groups is 1. The second kappa shape index (κ2) is 3.20. The quantitative estimate of drug-likeness (QED) is 0.559. The van der Waals surface area contributed by atoms with Crippen molar-refractivity contribution in [1.29, 1.82) is 0 Å². The average Bonchev–Trinajstić information content (AvgIpc) is 1.89. The Morgan fingerprint density at radius 2 is 2.08 bits per heavy atom. The van der Waals surface area contributed by atoms with E-state index in [4.69, 9.17) is 10.5 Å². The Bertz CT molecular complexity index is 286. The molecule has 0 amide bonds. The molecule has 0 saturated carbocycles. The third-order valence-electron chi connectivity index (χ3n) is 2.60. The molecule has 2 aliphatic heterocycles. The lowest BCUT2D eigenvalue weighted by molar-refractivity contribution is -0.0752. The first-order valence-corrected chi connectivity index (χ1v) is 6.20. The molecular formula is C7H14N2O3S. The van der Waals surface area contributed by atoms with E-state index >= 15 is 0 Å². The maximum Gasteiger partial charge on any atom is 0.154 e. The highest BCUT2D eigenvalue weighted by Gasteiger charge is 2.36. The molecule has 0 bridgehead atoms. The van der Waals surface area contributed by atoms with Crippen LogP contribution < -0.4 is 5.73 Å². The molecule has 2 N–H and O–H groups in total. The lowest BCUT2D eigenvalue weighted by atomic mass is 10.2. The molecule has 13 heavy (non-hydrogen) atoms. The largest absolute Gasteiger partial charge is 0.378 e. The lowest BCUT2D eigenvalue weighted by Gasteiger charge is -2.42. The Hall–Kier alpha value is -0.170. The van der Waals surface area contributed by atoms with Gasteiger partial charge >= 0.3 is 0 Å². The van der Waals surface area contributed by atoms with Gasteiger partial charge in [0.2, 0.25) is 0 Å². The van der Waals surface area contributed by atoms with Gasteiger partial charge in [-0.05, 0) is 0 Å². The molecule has 2 heterocycles. The molecule has 5 nitrogen and oxygen atoms in total. The fraction of sp³-hybridized carbons (Fsp3) is 1.00. The topological polar surface area (TPSA) is 72.6 Å². The summed E-state index contributed by atoms with van der Waals surface area (Å²) in [6, 6.07) is 0.338. The maximum absolute atomic E-state index is 11.2. The zero-order valence-corrected chi connectivity index (χ0v) is 8.16. The van der Waals surface area contributed by atoms with E-state index in [1.54, 1.807) is 0 Å². The van der Waals surface area contributed by atoms with E-state index in [-0.39, 0.29) is 17.7 Å². The van der Waals surface area contributed by atoms with Crippen LogP contribution in [0, 0.1) is 0 Å². The number of hydrogen-bond acceptors (Lipinski definition) is 5. The zero-order valence-electron chi connectivity index (χ0n) is 7.35. The fourth-order valence-electron chi connectivity index (χ4n) is 1.72. The monoisotopic (exact) mass is 206 g/mol. The maximum atomic E-state index is 11.2. The molecule has 0 aromatic carbocycles. The molecule has 2 aliphatic rings. The van der Waals surface area contributed by atoms with E-state index in [2.05, 4.69) is 0 Å². The molecule has 0 aromatic heterocycles. The predicted octanol–water partition coefficient (Wildman–Crippen LogP) is -1.60. The van der Waals surface area contributed by atoms with Crippen LogP contribution in [0.3, 0.4) is 0 Å². The Labute approximate surface area is 77.8 Å². The van der Waals surface area contributed by atoms with Gasteiger partial charge in [-0.25, -0.2) is 8.42 Å². The van der Waals surface area contributed by atoms with E-state index in [9.17, 15) is 8.42 Å². The highest BCUT2D eigenvalue weighted by molar-refractivity contribution is 7.91. The highest BCUT2D eigenvalue weighted by Crippen LogP contribution is 2.16. The van der Waals surface area contributed by atoms with Gasteiger partial charge in [-0.15, -0.1) is 0 Å². The number of nitrogens with two attached hydrogens (primary N) is 1. The third kappa shape index (κ3) is 1.85. The van der Waals surface area contributed by atoms with E-state index < -0.39 is 9.84 Å². The predicted molar refractivity (Wildman–Crippen MR) is 47.9 cm³/mol. The molecule has 0 spiro atoms. The minimum absolute atomic E-state index is 0.0868. The van der Waals surface area contributed by atoms with Crippen LogP contribution in [0.1, 0.15) is 0 Å². The van der Waals surface area contributed by atoms with Crippen LogP contribution in [0.25, 0.3) is 0 Å². The highest BCUT2D eigenvalue weighted by atomic mass is 32.2. The summed E-state index contributed by atoms with van der Waals surface area (Å²) in [5, 5.41) is 0. The van der Waals surface area contributed by atoms with E-state index in [1.165, 1.54) is 0 Å². The molecule has 1 atom stereocenters. The fourth-order valence-corrected chi connectivity index (χ4v) is 3.09. The summed E-state index contributed by atoms with van der Waals surface area (Å²) < 4.78 is 27.4. The molecule has 6 heteroatoms. The summed E-state index contributed by atoms with van der Waals surface area (Å²) in [5.74, 6) is 0.320. The van der Waals surface area contributed by atoms with Crippen molar-refractivity contribution in [2.45, 2.75) is 12.2 Å². The van der Waals surface area contributed by atoms with Crippen molar-refractivity contribution in [3.63, 3.8) is 0 Å². The van der Waals surface area contributed by atoms with Crippen molar-refractivity contribution in [2.75, 3.05) is 31.3 Å². The van der Waals surface area contributed by atoms with Gasteiger partial charge < -0.3 is 10.5 Å². The summed E-state index contributed by atoms with van der Waals surface area (Å²) in [7, 11) is -2.89. The van der Waals surface area contributed by atoms with Crippen LogP contribution in [-0.4, -0.2) is 56.8 Å². The van der Waals surface area contributed by atoms with Crippen LogP contribution in [0.5, 0.6) is 0 Å². The van der Waals surface area contributed by atoms with E-state index in [0.29, 0.717) is 25.8 Å². The minimum atomic E-state index is -2.89. The molecule has 2 rings (SSSR count). The first kappa shape index (κ1) is 9.39. The van der Waals surface area contributed by atoms with Crippen LogP contribution in [0.4, 0.5) is 0 Å². The normalized spacial score (nSPS) is 35.6. The zero-order chi connectivity index (χ0) is 9.47. The smallest absolute Gasteiger partial charge is 0.154 e. The van der Waals surface area contributed by atoms with Crippen molar-refractivity contribution < 1.29 is 13.2 Å². The molecule has 1 unspecified atom stereocenters. The number of hydrogen-bond donors (Lipinski definition) is 1. The first-order valence-electron chi connectivity index (χ1n) is 4.38. The molecule has 0 radical (unpaired) electrons. The standard InChI is InChI=1S/C7H14N2O3S/c8-7-5-13(10,11)2-1-9(7)6-3-12-4-6/h6-7H,1-5,8H2. The van der Waals surface area contributed by atoms with E-state index in [1.807, 2.05) is 4.90 Å². The second-order valence-electron chi connectivity index (χ2n) is 3.61. The molecule has 76 valence electrons. The molecule has 2 fully saturated rings. The Balaban J connectivity index is 2.00. The van der Waals surface area contributed by atoms with Gasteiger partial charge in [0, 0.05) is 6.54 Å². The lowest BCUT2D eigenvalue weighted by Crippen LogP contribution is -2.62. The summed E-state index contributed by atoms with van der Waals surface area (Å²) in [6.45, 7) is 1.93. The Morgan fingerprint density at radius 3 is 2.54 bits per heavy atom. The van der Waals surface area contributed by atoms with Gasteiger partial charge in [0.15, 0.2) is 9.84 Å². The third-order valence-corrected chi connectivity index (χ3v) is 4.25. The number of ether oxygens (including phenoxy) is 1. The van der Waals surface area contributed by atoms with Gasteiger partial charge in [-0.1, -0.05) is 0 Å². The molecule has 0 aromatic rings. The van der Waals surface area contributed by atoms with Crippen molar-refractivity contribution in [3.05, 3.63) is 0 Å². The summed E-state index contributed by atoms with van der Waals surface area (Å²) in [5.41, 5.74) is 5.76. The Kier molecular flexibility index (Phi) is 2.31. The van der Waals surface area contributed by atoms with Gasteiger partial charge in [-0.3, -0.25) is 4.90 Å². The number of rotatable bonds is 1. The summed E-state index contributed by atoms with van der Waals surface area (Å²) >= 11 is 0. The number of nitrogens with zero attached hydrogens (tertiary/aromatic N) is 1. The SMILES string of the molecule is NC1CS(=O)(=O)CCN1C1COC1. The van der Waals surface area contributed by atoms with Gasteiger partial charge in [-0.2, -0.15) is 0 Å². The summed E-state index contributed by atoms with van der Waals surface area (Å²) in [6.07, 6.45) is -0.340. The second-order valence-corrected chi connectivity index (χ2v) is 5.84. The van der Waals surface area contributed by atoms with Crippen molar-refractivity contribution >= 4 is 9.84 Å². The van der Waals surface area contributed by atoms with Crippen LogP contribution >= 0.6 is 0 Å². The van der Waals surface area contributed by atoms with Gasteiger partial charge in [0.05, 0.1) is 36.9 Å². The average molecular weight is 206 g/mol. The van der Waals surface area contributed by atoms with Crippen LogP contribution in [-0.2, 0) is 14.6 Å². The van der Waals surface area contributed by atoms with Crippen LogP contribution in [0.2, 0.25) is 0 Å².